The van der Waals surface area contributed by atoms with Gasteiger partial charge in [-0.2, -0.15) is 0 Å². The second kappa shape index (κ2) is 8.77. The van der Waals surface area contributed by atoms with Crippen molar-refractivity contribution >= 4 is 46.0 Å². The number of rotatable bonds is 5. The summed E-state index contributed by atoms with van der Waals surface area (Å²) in [6.07, 6.45) is 4.82. The normalized spacial score (nSPS) is 19.3. The molecule has 0 radical (unpaired) electrons. The van der Waals surface area contributed by atoms with Crippen molar-refractivity contribution in [3.05, 3.63) is 80.9 Å². The van der Waals surface area contributed by atoms with Gasteiger partial charge in [0.2, 0.25) is 0 Å². The molecule has 2 heterocycles. The molecule has 31 heavy (non-hydrogen) atoms. The predicted molar refractivity (Wildman–Crippen MR) is 125 cm³/mol. The molecule has 0 saturated carbocycles. The summed E-state index contributed by atoms with van der Waals surface area (Å²) in [6, 6.07) is 14.2. The van der Waals surface area contributed by atoms with Gasteiger partial charge < -0.3 is 4.90 Å². The number of amides is 1. The smallest absolute Gasteiger partial charge is 0.269 e. The van der Waals surface area contributed by atoms with E-state index in [2.05, 4.69) is 28.9 Å². The molecule has 1 saturated heterocycles. The third-order valence-electron chi connectivity index (χ3n) is 5.08. The fourth-order valence-electron chi connectivity index (χ4n) is 3.63. The monoisotopic (exact) mass is 434 g/mol. The van der Waals surface area contributed by atoms with E-state index in [1.807, 2.05) is 31.2 Å². The van der Waals surface area contributed by atoms with Crippen molar-refractivity contribution in [2.24, 2.45) is 4.99 Å². The summed E-state index contributed by atoms with van der Waals surface area (Å²) in [5.74, 6) is -0.0648. The van der Waals surface area contributed by atoms with Crippen molar-refractivity contribution in [1.29, 1.82) is 0 Å². The zero-order valence-electron chi connectivity index (χ0n) is 17.3. The lowest BCUT2D eigenvalue weighted by Crippen LogP contribution is -2.31. The van der Waals surface area contributed by atoms with E-state index in [1.165, 1.54) is 23.9 Å². The Kier molecular flexibility index (Phi) is 5.90. The van der Waals surface area contributed by atoms with E-state index in [9.17, 15) is 14.9 Å². The van der Waals surface area contributed by atoms with E-state index in [1.54, 1.807) is 17.0 Å². The summed E-state index contributed by atoms with van der Waals surface area (Å²) in [4.78, 5) is 32.9. The number of nitro groups is 1. The Morgan fingerprint density at radius 2 is 1.77 bits per heavy atom. The molecular formula is C23H22N4O3S. The lowest BCUT2D eigenvalue weighted by atomic mass is 10.1. The van der Waals surface area contributed by atoms with Crippen molar-refractivity contribution in [2.75, 3.05) is 18.0 Å². The maximum atomic E-state index is 13.3. The average molecular weight is 435 g/mol. The number of nitrogens with zero attached hydrogens (tertiary/aromatic N) is 4. The number of para-hydroxylation sites is 1. The summed E-state index contributed by atoms with van der Waals surface area (Å²) in [5, 5.41) is 11.5. The molecule has 1 amide bonds. The number of carbonyl (C=O) groups excluding carboxylic acids is 1. The molecule has 158 valence electrons. The number of thioether (sulfide) groups is 1. The average Bonchev–Trinajstić information content (AvgIpc) is 3.08. The fraction of sp³-hybridized carbons (Fsp3) is 0.217. The Balaban J connectivity index is 1.74. The Labute approximate surface area is 184 Å². The molecule has 0 spiro atoms. The van der Waals surface area contributed by atoms with E-state index >= 15 is 0 Å². The van der Waals surface area contributed by atoms with Crippen molar-refractivity contribution in [1.82, 2.24) is 4.90 Å². The number of allylic oxidation sites excluding steroid dienone is 1. The van der Waals surface area contributed by atoms with Gasteiger partial charge in [-0.05, 0) is 54.9 Å². The summed E-state index contributed by atoms with van der Waals surface area (Å²) in [6.45, 7) is 5.37. The Bertz CT molecular complexity index is 1120. The number of likely N-dealkylation sites (N-methyl/N-ethyl adjacent to an activating group) is 1. The fourth-order valence-corrected chi connectivity index (χ4v) is 4.72. The largest absolute Gasteiger partial charge is 0.340 e. The molecule has 2 aromatic rings. The lowest BCUT2D eigenvalue weighted by molar-refractivity contribution is -0.384. The Hall–Kier alpha value is -3.39. The third-order valence-corrected chi connectivity index (χ3v) is 6.17. The van der Waals surface area contributed by atoms with Crippen LogP contribution < -0.4 is 4.90 Å². The van der Waals surface area contributed by atoms with Gasteiger partial charge in [-0.1, -0.05) is 31.2 Å². The zero-order chi connectivity index (χ0) is 22.0. The van der Waals surface area contributed by atoms with E-state index in [4.69, 9.17) is 0 Å². The van der Waals surface area contributed by atoms with Gasteiger partial charge in [-0.3, -0.25) is 19.8 Å². The van der Waals surface area contributed by atoms with Gasteiger partial charge in [0.1, 0.15) is 4.91 Å². The minimum atomic E-state index is -0.441. The van der Waals surface area contributed by atoms with Gasteiger partial charge in [0.15, 0.2) is 5.17 Å². The molecule has 0 atom stereocenters. The van der Waals surface area contributed by atoms with Crippen molar-refractivity contribution in [2.45, 2.75) is 20.3 Å². The number of non-ortho nitro benzene ring substituents is 1. The van der Waals surface area contributed by atoms with Crippen LogP contribution in [0.5, 0.6) is 0 Å². The maximum Gasteiger partial charge on any atom is 0.269 e. The first kappa shape index (κ1) is 20.9. The SMILES string of the molecule is CCCN1C(=O)/C(=C2\C=Cc3ccccc3N2CC)SC1=Nc1ccc([N+](=O)[O-])cc1. The van der Waals surface area contributed by atoms with E-state index in [0.29, 0.717) is 22.3 Å². The number of nitro benzene ring substituents is 1. The van der Waals surface area contributed by atoms with Gasteiger partial charge in [0.25, 0.3) is 11.6 Å². The molecule has 2 aliphatic heterocycles. The number of anilines is 1. The second-order valence-electron chi connectivity index (χ2n) is 7.08. The maximum absolute atomic E-state index is 13.3. The molecule has 2 aromatic carbocycles. The zero-order valence-corrected chi connectivity index (χ0v) is 18.1. The molecule has 0 unspecified atom stereocenters. The molecule has 1 fully saturated rings. The number of carbonyl (C=O) groups is 1. The molecule has 8 heteroatoms. The highest BCUT2D eigenvalue weighted by Gasteiger charge is 2.36. The molecule has 0 N–H and O–H groups in total. The molecule has 0 aromatic heterocycles. The number of amidine groups is 1. The lowest BCUT2D eigenvalue weighted by Gasteiger charge is -2.30. The number of benzene rings is 2. The van der Waals surface area contributed by atoms with Gasteiger partial charge in [-0.25, -0.2) is 4.99 Å². The van der Waals surface area contributed by atoms with Crippen LogP contribution in [0.1, 0.15) is 25.8 Å². The molecule has 0 aliphatic carbocycles. The van der Waals surface area contributed by atoms with E-state index in [0.717, 1.165) is 29.9 Å². The molecule has 0 bridgehead atoms. The Morgan fingerprint density at radius 3 is 2.45 bits per heavy atom. The first-order valence-electron chi connectivity index (χ1n) is 10.1. The highest BCUT2D eigenvalue weighted by Crippen LogP contribution is 2.40. The van der Waals surface area contributed by atoms with E-state index < -0.39 is 4.92 Å². The van der Waals surface area contributed by atoms with Crippen LogP contribution in [0.3, 0.4) is 0 Å². The van der Waals surface area contributed by atoms with Crippen LogP contribution in [0, 0.1) is 10.1 Å². The van der Waals surface area contributed by atoms with Crippen LogP contribution >= 0.6 is 11.8 Å². The van der Waals surface area contributed by atoms with Crippen LogP contribution in [0.2, 0.25) is 0 Å². The summed E-state index contributed by atoms with van der Waals surface area (Å²) in [7, 11) is 0. The highest BCUT2D eigenvalue weighted by molar-refractivity contribution is 8.18. The van der Waals surface area contributed by atoms with Crippen molar-refractivity contribution in [3.63, 3.8) is 0 Å². The molecule has 4 rings (SSSR count). The summed E-state index contributed by atoms with van der Waals surface area (Å²) >= 11 is 1.35. The van der Waals surface area contributed by atoms with Gasteiger partial charge in [-0.15, -0.1) is 0 Å². The Morgan fingerprint density at radius 1 is 1.03 bits per heavy atom. The standard InChI is InChI=1S/C23H22N4O3S/c1-3-15-26-22(28)21(20-14-9-16-7-5-6-8-19(16)25(20)4-2)31-23(26)24-17-10-12-18(13-11-17)27(29)30/h5-14H,3-4,15H2,1-2H3/b21-20-,24-23?. The van der Waals surface area contributed by atoms with Gasteiger partial charge in [0, 0.05) is 30.9 Å². The van der Waals surface area contributed by atoms with Crippen molar-refractivity contribution in [3.8, 4) is 0 Å². The minimum Gasteiger partial charge on any atom is -0.340 e. The topological polar surface area (TPSA) is 79.0 Å². The third kappa shape index (κ3) is 3.98. The summed E-state index contributed by atoms with van der Waals surface area (Å²) in [5.41, 5.74) is 3.65. The first-order chi connectivity index (χ1) is 15.0. The van der Waals surface area contributed by atoms with Crippen LogP contribution in [0.25, 0.3) is 6.08 Å². The van der Waals surface area contributed by atoms with Crippen molar-refractivity contribution < 1.29 is 9.72 Å². The van der Waals surface area contributed by atoms with Crippen LogP contribution in [0.4, 0.5) is 17.1 Å². The molecule has 2 aliphatic rings. The van der Waals surface area contributed by atoms with Gasteiger partial charge in [0.05, 0.1) is 16.3 Å². The second-order valence-corrected chi connectivity index (χ2v) is 8.06. The molecule has 7 nitrogen and oxygen atoms in total. The highest BCUT2D eigenvalue weighted by atomic mass is 32.2. The summed E-state index contributed by atoms with van der Waals surface area (Å²) < 4.78 is 0. The van der Waals surface area contributed by atoms with Crippen LogP contribution in [-0.2, 0) is 4.79 Å². The van der Waals surface area contributed by atoms with Crippen LogP contribution in [-0.4, -0.2) is 34.0 Å². The van der Waals surface area contributed by atoms with Crippen LogP contribution in [0.15, 0.2) is 70.2 Å². The minimum absolute atomic E-state index is 0.0110. The molecular weight excluding hydrogens is 412 g/mol. The quantitative estimate of drug-likeness (QED) is 0.361. The van der Waals surface area contributed by atoms with Gasteiger partial charge >= 0.3 is 0 Å². The first-order valence-corrected chi connectivity index (χ1v) is 11.0. The number of hydrogen-bond donors (Lipinski definition) is 0. The number of aliphatic imine (C=N–C) groups is 1. The number of fused-ring (bicyclic) bond motifs is 1. The number of hydrogen-bond acceptors (Lipinski definition) is 6. The predicted octanol–water partition coefficient (Wildman–Crippen LogP) is 5.33. The van der Waals surface area contributed by atoms with E-state index in [-0.39, 0.29) is 11.6 Å².